The van der Waals surface area contributed by atoms with E-state index in [1.54, 1.807) is 0 Å². The van der Waals surface area contributed by atoms with Crippen molar-refractivity contribution in [2.24, 2.45) is 0 Å². The van der Waals surface area contributed by atoms with Gasteiger partial charge in [-0.1, -0.05) is 32.9 Å². The van der Waals surface area contributed by atoms with Crippen LogP contribution in [0.4, 0.5) is 0 Å². The quantitative estimate of drug-likeness (QED) is 0.561. The SMILES string of the molecule is CCCN(CCC)C1CCc2c(OC(C)=O)cccc2C1C.Cl. The van der Waals surface area contributed by atoms with E-state index < -0.39 is 0 Å². The molecule has 0 radical (unpaired) electrons. The van der Waals surface area contributed by atoms with Crippen molar-refractivity contribution in [3.63, 3.8) is 0 Å². The zero-order chi connectivity index (χ0) is 16.1. The van der Waals surface area contributed by atoms with Crippen LogP contribution in [0.3, 0.4) is 0 Å². The zero-order valence-electron chi connectivity index (χ0n) is 14.8. The maximum absolute atomic E-state index is 11.3. The number of halogens is 1. The molecule has 0 saturated heterocycles. The van der Waals surface area contributed by atoms with E-state index >= 15 is 0 Å². The molecule has 0 bridgehead atoms. The first-order valence-corrected chi connectivity index (χ1v) is 8.62. The third-order valence-corrected chi connectivity index (χ3v) is 4.67. The average molecular weight is 340 g/mol. The first kappa shape index (κ1) is 20.0. The predicted molar refractivity (Wildman–Crippen MR) is 97.7 cm³/mol. The minimum Gasteiger partial charge on any atom is -0.426 e. The molecular formula is C19H30ClNO2. The van der Waals surface area contributed by atoms with Crippen LogP contribution in [0.2, 0.25) is 0 Å². The van der Waals surface area contributed by atoms with Crippen LogP contribution >= 0.6 is 12.4 Å². The third-order valence-electron chi connectivity index (χ3n) is 4.67. The van der Waals surface area contributed by atoms with Crippen molar-refractivity contribution in [1.82, 2.24) is 4.90 Å². The van der Waals surface area contributed by atoms with Gasteiger partial charge in [0.1, 0.15) is 5.75 Å². The van der Waals surface area contributed by atoms with Gasteiger partial charge in [-0.25, -0.2) is 0 Å². The predicted octanol–water partition coefficient (Wildman–Crippen LogP) is 4.57. The largest absolute Gasteiger partial charge is 0.426 e. The van der Waals surface area contributed by atoms with E-state index in [0.717, 1.165) is 18.6 Å². The molecule has 0 N–H and O–H groups in total. The first-order chi connectivity index (χ1) is 10.6. The Balaban J connectivity index is 0.00000264. The summed E-state index contributed by atoms with van der Waals surface area (Å²) in [6, 6.07) is 6.73. The smallest absolute Gasteiger partial charge is 0.308 e. The minimum atomic E-state index is -0.234. The number of hydrogen-bond acceptors (Lipinski definition) is 3. The van der Waals surface area contributed by atoms with Crippen LogP contribution in [-0.4, -0.2) is 30.0 Å². The molecule has 2 unspecified atom stereocenters. The van der Waals surface area contributed by atoms with Crippen LogP contribution in [0.5, 0.6) is 5.75 Å². The Hall–Kier alpha value is -1.06. The molecule has 1 aliphatic rings. The monoisotopic (exact) mass is 339 g/mol. The van der Waals surface area contributed by atoms with Gasteiger partial charge in [-0.2, -0.15) is 0 Å². The molecule has 2 atom stereocenters. The van der Waals surface area contributed by atoms with Crippen LogP contribution in [0.25, 0.3) is 0 Å². The highest BCUT2D eigenvalue weighted by molar-refractivity contribution is 5.85. The Labute approximate surface area is 146 Å². The summed E-state index contributed by atoms with van der Waals surface area (Å²) in [7, 11) is 0. The Morgan fingerprint density at radius 2 is 1.91 bits per heavy atom. The lowest BCUT2D eigenvalue weighted by molar-refractivity contribution is -0.131. The van der Waals surface area contributed by atoms with Crippen molar-refractivity contribution in [3.8, 4) is 5.75 Å². The first-order valence-electron chi connectivity index (χ1n) is 8.62. The summed E-state index contributed by atoms with van der Waals surface area (Å²) < 4.78 is 5.40. The molecular weight excluding hydrogens is 310 g/mol. The fraction of sp³-hybridized carbons (Fsp3) is 0.632. The van der Waals surface area contributed by atoms with Crippen molar-refractivity contribution in [2.45, 2.75) is 65.3 Å². The summed E-state index contributed by atoms with van der Waals surface area (Å²) in [5.41, 5.74) is 2.58. The molecule has 0 aliphatic heterocycles. The molecule has 0 spiro atoms. The summed E-state index contributed by atoms with van der Waals surface area (Å²) in [6.45, 7) is 10.6. The number of fused-ring (bicyclic) bond motifs is 1. The maximum atomic E-state index is 11.3. The lowest BCUT2D eigenvalue weighted by atomic mass is 9.79. The Morgan fingerprint density at radius 1 is 1.26 bits per heavy atom. The van der Waals surface area contributed by atoms with Crippen molar-refractivity contribution < 1.29 is 9.53 Å². The average Bonchev–Trinajstić information content (AvgIpc) is 2.48. The number of ether oxygens (including phenoxy) is 1. The number of carbonyl (C=O) groups is 1. The second kappa shape index (κ2) is 9.29. The molecule has 0 heterocycles. The molecule has 0 amide bonds. The Bertz CT molecular complexity index is 512. The lowest BCUT2D eigenvalue weighted by Crippen LogP contribution is -2.42. The number of benzene rings is 1. The Kier molecular flexibility index (Phi) is 8.07. The summed E-state index contributed by atoms with van der Waals surface area (Å²) in [4.78, 5) is 13.9. The van der Waals surface area contributed by atoms with Crippen LogP contribution in [0, 0.1) is 0 Å². The molecule has 4 heteroatoms. The standard InChI is InChI=1S/C19H29NO2.ClH/c1-5-12-20(13-6-2)18-11-10-17-16(14(18)3)8-7-9-19(17)22-15(4)21;/h7-9,14,18H,5-6,10-13H2,1-4H3;1H. The van der Waals surface area contributed by atoms with Crippen LogP contribution < -0.4 is 4.74 Å². The van der Waals surface area contributed by atoms with E-state index in [2.05, 4.69) is 31.7 Å². The highest BCUT2D eigenvalue weighted by Gasteiger charge is 2.31. The molecule has 1 aliphatic carbocycles. The van der Waals surface area contributed by atoms with E-state index in [-0.39, 0.29) is 18.4 Å². The van der Waals surface area contributed by atoms with Crippen LogP contribution in [-0.2, 0) is 11.2 Å². The van der Waals surface area contributed by atoms with Gasteiger partial charge < -0.3 is 4.74 Å². The number of rotatable bonds is 6. The van der Waals surface area contributed by atoms with E-state index in [9.17, 15) is 4.79 Å². The van der Waals surface area contributed by atoms with Crippen molar-refractivity contribution in [1.29, 1.82) is 0 Å². The maximum Gasteiger partial charge on any atom is 0.308 e. The molecule has 1 aromatic carbocycles. The van der Waals surface area contributed by atoms with Gasteiger partial charge in [0.25, 0.3) is 0 Å². The van der Waals surface area contributed by atoms with Crippen molar-refractivity contribution in [3.05, 3.63) is 29.3 Å². The lowest BCUT2D eigenvalue weighted by Gasteiger charge is -2.40. The number of nitrogens with zero attached hydrogens (tertiary/aromatic N) is 1. The van der Waals surface area contributed by atoms with Gasteiger partial charge >= 0.3 is 5.97 Å². The van der Waals surface area contributed by atoms with E-state index in [4.69, 9.17) is 4.74 Å². The van der Waals surface area contributed by atoms with E-state index in [1.807, 2.05) is 12.1 Å². The molecule has 23 heavy (non-hydrogen) atoms. The molecule has 1 aromatic rings. The molecule has 0 saturated carbocycles. The zero-order valence-corrected chi connectivity index (χ0v) is 15.6. The molecule has 3 nitrogen and oxygen atoms in total. The topological polar surface area (TPSA) is 29.5 Å². The van der Waals surface area contributed by atoms with Gasteiger partial charge in [-0.3, -0.25) is 9.69 Å². The van der Waals surface area contributed by atoms with Gasteiger partial charge in [-0.05, 0) is 61.9 Å². The van der Waals surface area contributed by atoms with Crippen molar-refractivity contribution >= 4 is 18.4 Å². The van der Waals surface area contributed by atoms with Crippen LogP contribution in [0.15, 0.2) is 18.2 Å². The molecule has 0 fully saturated rings. The van der Waals surface area contributed by atoms with Crippen LogP contribution in [0.1, 0.15) is 64.0 Å². The highest BCUT2D eigenvalue weighted by Crippen LogP contribution is 2.38. The summed E-state index contributed by atoms with van der Waals surface area (Å²) in [5.74, 6) is 1.01. The third kappa shape index (κ3) is 4.71. The number of hydrogen-bond donors (Lipinski definition) is 0. The second-order valence-electron chi connectivity index (χ2n) is 6.35. The molecule has 2 rings (SSSR count). The second-order valence-corrected chi connectivity index (χ2v) is 6.35. The van der Waals surface area contributed by atoms with Gasteiger partial charge in [0.2, 0.25) is 0 Å². The minimum absolute atomic E-state index is 0. The number of esters is 1. The van der Waals surface area contributed by atoms with Gasteiger partial charge in [0, 0.05) is 13.0 Å². The van der Waals surface area contributed by atoms with Crippen molar-refractivity contribution in [2.75, 3.05) is 13.1 Å². The summed E-state index contributed by atoms with van der Waals surface area (Å²) in [5, 5.41) is 0. The fourth-order valence-electron chi connectivity index (χ4n) is 3.79. The van der Waals surface area contributed by atoms with Gasteiger partial charge in [0.05, 0.1) is 0 Å². The summed E-state index contributed by atoms with van der Waals surface area (Å²) >= 11 is 0. The highest BCUT2D eigenvalue weighted by atomic mass is 35.5. The fourth-order valence-corrected chi connectivity index (χ4v) is 3.79. The molecule has 0 aromatic heterocycles. The van der Waals surface area contributed by atoms with Gasteiger partial charge in [0.15, 0.2) is 0 Å². The molecule has 130 valence electrons. The van der Waals surface area contributed by atoms with Gasteiger partial charge in [-0.15, -0.1) is 12.4 Å². The van der Waals surface area contributed by atoms with E-state index in [1.165, 1.54) is 44.0 Å². The summed E-state index contributed by atoms with van der Waals surface area (Å²) in [6.07, 6.45) is 4.54. The number of carbonyl (C=O) groups excluding carboxylic acids is 1. The Morgan fingerprint density at radius 3 is 2.48 bits per heavy atom. The normalized spacial score (nSPS) is 19.9. The van der Waals surface area contributed by atoms with E-state index in [0.29, 0.717) is 12.0 Å².